The van der Waals surface area contributed by atoms with Crippen LogP contribution in [0.15, 0.2) is 40.9 Å². The molecule has 1 atom stereocenters. The molecule has 4 heteroatoms. The lowest BCUT2D eigenvalue weighted by molar-refractivity contribution is 0.774. The molecule has 0 amide bonds. The molecule has 2 aromatic carbocycles. The molecule has 1 nitrogen and oxygen atoms in total. The van der Waals surface area contributed by atoms with Crippen LogP contribution in [0.25, 0.3) is 0 Å². The zero-order valence-electron chi connectivity index (χ0n) is 10.1. The van der Waals surface area contributed by atoms with E-state index in [0.717, 1.165) is 33.0 Å². The smallest absolute Gasteiger partial charge is 0.0501 e. The lowest BCUT2D eigenvalue weighted by Crippen LogP contribution is -2.19. The predicted octanol–water partition coefficient (Wildman–Crippen LogP) is 5.34. The Labute approximate surface area is 131 Å². The molecular weight excluding hydrogens is 345 g/mol. The van der Waals surface area contributed by atoms with Crippen molar-refractivity contribution in [3.05, 3.63) is 62.0 Å². The van der Waals surface area contributed by atoms with Crippen LogP contribution in [0.4, 0.5) is 5.69 Å². The number of fused-ring (bicyclic) bond motifs is 1. The molecule has 98 valence electrons. The van der Waals surface area contributed by atoms with Crippen LogP contribution in [0.5, 0.6) is 0 Å². The Morgan fingerprint density at radius 1 is 0.947 bits per heavy atom. The van der Waals surface area contributed by atoms with Gasteiger partial charge in [0.05, 0.1) is 5.69 Å². The zero-order chi connectivity index (χ0) is 13.4. The molecule has 1 aliphatic rings. The summed E-state index contributed by atoms with van der Waals surface area (Å²) in [6.45, 7) is 0. The Hall–Kier alpha value is -0.700. The quantitative estimate of drug-likeness (QED) is 0.766. The fraction of sp³-hybridized carbons (Fsp3) is 0.200. The fourth-order valence-corrected chi connectivity index (χ4v) is 3.24. The maximum Gasteiger partial charge on any atom is 0.0501 e. The van der Waals surface area contributed by atoms with Crippen molar-refractivity contribution in [2.75, 3.05) is 5.32 Å². The summed E-state index contributed by atoms with van der Waals surface area (Å²) in [5.74, 6) is 0. The van der Waals surface area contributed by atoms with Crippen molar-refractivity contribution in [2.24, 2.45) is 0 Å². The second-order valence-corrected chi connectivity index (χ2v) is 6.51. The van der Waals surface area contributed by atoms with Gasteiger partial charge in [-0.3, -0.25) is 0 Å². The van der Waals surface area contributed by atoms with Crippen LogP contribution in [0.2, 0.25) is 10.0 Å². The summed E-state index contributed by atoms with van der Waals surface area (Å²) in [5, 5.41) is 5.09. The van der Waals surface area contributed by atoms with Gasteiger partial charge in [-0.05, 0) is 70.2 Å². The first kappa shape index (κ1) is 13.3. The highest BCUT2D eigenvalue weighted by Crippen LogP contribution is 2.31. The number of hydrogen-bond donors (Lipinski definition) is 1. The fourth-order valence-electron chi connectivity index (χ4n) is 2.52. The second-order valence-electron chi connectivity index (χ2n) is 4.79. The van der Waals surface area contributed by atoms with E-state index in [1.165, 1.54) is 11.1 Å². The molecule has 0 saturated carbocycles. The van der Waals surface area contributed by atoms with Crippen LogP contribution in [-0.4, -0.2) is 6.04 Å². The molecule has 0 fully saturated rings. The minimum absolute atomic E-state index is 0.392. The van der Waals surface area contributed by atoms with Crippen molar-refractivity contribution < 1.29 is 0 Å². The van der Waals surface area contributed by atoms with Gasteiger partial charge >= 0.3 is 0 Å². The third-order valence-corrected chi connectivity index (χ3v) is 4.55. The maximum absolute atomic E-state index is 6.03. The summed E-state index contributed by atoms with van der Waals surface area (Å²) in [6.07, 6.45) is 2.01. The Balaban J connectivity index is 1.78. The number of benzene rings is 2. The molecule has 0 aliphatic heterocycles. The molecule has 2 aromatic rings. The third-order valence-electron chi connectivity index (χ3n) is 3.39. The van der Waals surface area contributed by atoms with Crippen LogP contribution in [0.3, 0.4) is 0 Å². The molecular formula is C15H12BrCl2N. The van der Waals surface area contributed by atoms with Crippen molar-refractivity contribution in [3.8, 4) is 0 Å². The highest BCUT2D eigenvalue weighted by atomic mass is 79.9. The average Bonchev–Trinajstić information content (AvgIpc) is 2.75. The number of rotatable bonds is 2. The van der Waals surface area contributed by atoms with E-state index < -0.39 is 0 Å². The second kappa shape index (κ2) is 5.35. The van der Waals surface area contributed by atoms with Gasteiger partial charge in [-0.25, -0.2) is 0 Å². The molecule has 0 heterocycles. The maximum atomic E-state index is 6.03. The summed E-state index contributed by atoms with van der Waals surface area (Å²) >= 11 is 15.6. The molecule has 0 aromatic heterocycles. The van der Waals surface area contributed by atoms with Gasteiger partial charge in [-0.2, -0.15) is 0 Å². The Kier molecular flexibility index (Phi) is 3.75. The molecule has 1 N–H and O–H groups in total. The van der Waals surface area contributed by atoms with E-state index in [-0.39, 0.29) is 0 Å². The van der Waals surface area contributed by atoms with E-state index >= 15 is 0 Å². The summed E-state index contributed by atoms with van der Waals surface area (Å²) < 4.78 is 1.03. The van der Waals surface area contributed by atoms with E-state index in [1.807, 2.05) is 24.3 Å². The Morgan fingerprint density at radius 3 is 2.47 bits per heavy atom. The van der Waals surface area contributed by atoms with Gasteiger partial charge in [0.25, 0.3) is 0 Å². The third kappa shape index (κ3) is 2.91. The molecule has 1 unspecified atom stereocenters. The highest BCUT2D eigenvalue weighted by Gasteiger charge is 2.21. The first-order valence-corrected chi connectivity index (χ1v) is 7.65. The number of halogens is 3. The largest absolute Gasteiger partial charge is 0.381 e. The van der Waals surface area contributed by atoms with Crippen molar-refractivity contribution in [2.45, 2.75) is 18.9 Å². The van der Waals surface area contributed by atoms with Crippen molar-refractivity contribution in [1.82, 2.24) is 0 Å². The van der Waals surface area contributed by atoms with E-state index in [2.05, 4.69) is 33.4 Å². The Morgan fingerprint density at radius 2 is 1.63 bits per heavy atom. The van der Waals surface area contributed by atoms with E-state index in [4.69, 9.17) is 23.2 Å². The van der Waals surface area contributed by atoms with Gasteiger partial charge in [-0.1, -0.05) is 29.3 Å². The van der Waals surface area contributed by atoms with Crippen molar-refractivity contribution in [3.63, 3.8) is 0 Å². The average molecular weight is 357 g/mol. The van der Waals surface area contributed by atoms with Crippen LogP contribution in [-0.2, 0) is 12.8 Å². The molecule has 0 bridgehead atoms. The van der Waals surface area contributed by atoms with Gasteiger partial charge in [0.2, 0.25) is 0 Å². The monoisotopic (exact) mass is 355 g/mol. The summed E-state index contributed by atoms with van der Waals surface area (Å²) in [7, 11) is 0. The number of anilines is 1. The first-order valence-electron chi connectivity index (χ1n) is 6.11. The molecule has 19 heavy (non-hydrogen) atoms. The zero-order valence-corrected chi connectivity index (χ0v) is 13.2. The number of nitrogens with one attached hydrogen (secondary N) is 1. The normalized spacial score (nSPS) is 17.3. The van der Waals surface area contributed by atoms with E-state index in [0.29, 0.717) is 6.04 Å². The molecule has 0 saturated heterocycles. The van der Waals surface area contributed by atoms with Crippen LogP contribution in [0.1, 0.15) is 11.1 Å². The van der Waals surface area contributed by atoms with Crippen LogP contribution >= 0.6 is 39.1 Å². The summed E-state index contributed by atoms with van der Waals surface area (Å²) in [6, 6.07) is 12.3. The molecule has 0 spiro atoms. The molecule has 3 rings (SSSR count). The highest BCUT2D eigenvalue weighted by molar-refractivity contribution is 9.10. The molecule has 1 aliphatic carbocycles. The lowest BCUT2D eigenvalue weighted by Gasteiger charge is -2.15. The van der Waals surface area contributed by atoms with E-state index in [1.54, 1.807) is 0 Å². The minimum atomic E-state index is 0.392. The summed E-state index contributed by atoms with van der Waals surface area (Å²) in [4.78, 5) is 0. The van der Waals surface area contributed by atoms with Gasteiger partial charge < -0.3 is 5.32 Å². The minimum Gasteiger partial charge on any atom is -0.381 e. The van der Waals surface area contributed by atoms with Gasteiger partial charge in [0.1, 0.15) is 0 Å². The standard InChI is InChI=1S/C15H12BrCl2N/c16-14-4-3-12(18)8-15(14)19-13-6-9-1-2-11(17)5-10(9)7-13/h1-5,8,13,19H,6-7H2. The van der Waals surface area contributed by atoms with Crippen molar-refractivity contribution in [1.29, 1.82) is 0 Å². The predicted molar refractivity (Wildman–Crippen MR) is 85.4 cm³/mol. The summed E-state index contributed by atoms with van der Waals surface area (Å²) in [5.41, 5.74) is 3.75. The van der Waals surface area contributed by atoms with Crippen LogP contribution in [0, 0.1) is 0 Å². The number of hydrogen-bond acceptors (Lipinski definition) is 1. The van der Waals surface area contributed by atoms with Crippen molar-refractivity contribution >= 4 is 44.8 Å². The van der Waals surface area contributed by atoms with Gasteiger partial charge in [-0.15, -0.1) is 0 Å². The first-order chi connectivity index (χ1) is 9.11. The molecule has 0 radical (unpaired) electrons. The van der Waals surface area contributed by atoms with Gasteiger partial charge in [0.15, 0.2) is 0 Å². The Bertz CT molecular complexity index is 628. The topological polar surface area (TPSA) is 12.0 Å². The SMILES string of the molecule is Clc1ccc2c(c1)CC(Nc1cc(Cl)ccc1Br)C2. The van der Waals surface area contributed by atoms with Crippen LogP contribution < -0.4 is 5.32 Å². The van der Waals surface area contributed by atoms with E-state index in [9.17, 15) is 0 Å². The van der Waals surface area contributed by atoms with Gasteiger partial charge in [0, 0.05) is 20.6 Å². The lowest BCUT2D eigenvalue weighted by atomic mass is 10.1.